The lowest BCUT2D eigenvalue weighted by molar-refractivity contribution is 0.486. The smallest absolute Gasteiger partial charge is 0.273 e. The number of hydrogen-bond acceptors (Lipinski definition) is 6. The van der Waals surface area contributed by atoms with E-state index in [0.717, 1.165) is 27.2 Å². The largest absolute Gasteiger partial charge is 0.384 e. The van der Waals surface area contributed by atoms with Crippen LogP contribution in [0.4, 0.5) is 5.82 Å². The molecule has 0 bridgehead atoms. The SMILES string of the molecule is Cc1cc(N)n(N=Cc2c(C)nn([C@H]3CCS(=O)(=O)C3)c2C)c(=O)c1. The molecule has 3 rings (SSSR count). The molecule has 0 aromatic carbocycles. The van der Waals surface area contributed by atoms with Crippen LogP contribution in [0, 0.1) is 20.8 Å². The molecule has 0 spiro atoms. The van der Waals surface area contributed by atoms with Gasteiger partial charge in [0, 0.05) is 17.3 Å². The first kappa shape index (κ1) is 17.4. The molecular formula is C16H21N5O3S. The third kappa shape index (κ3) is 3.37. The fourth-order valence-corrected chi connectivity index (χ4v) is 4.84. The summed E-state index contributed by atoms with van der Waals surface area (Å²) in [6.07, 6.45) is 2.11. The second-order valence-electron chi connectivity index (χ2n) is 6.44. The highest BCUT2D eigenvalue weighted by atomic mass is 32.2. The van der Waals surface area contributed by atoms with E-state index in [4.69, 9.17) is 5.73 Å². The number of anilines is 1. The summed E-state index contributed by atoms with van der Waals surface area (Å²) in [5.74, 6) is 0.552. The first-order chi connectivity index (χ1) is 11.7. The van der Waals surface area contributed by atoms with Gasteiger partial charge in [0.15, 0.2) is 9.84 Å². The van der Waals surface area contributed by atoms with Crippen molar-refractivity contribution >= 4 is 21.9 Å². The van der Waals surface area contributed by atoms with E-state index in [1.165, 1.54) is 6.07 Å². The lowest BCUT2D eigenvalue weighted by atomic mass is 10.2. The third-order valence-corrected chi connectivity index (χ3v) is 6.17. The van der Waals surface area contributed by atoms with Gasteiger partial charge in [-0.1, -0.05) is 0 Å². The Bertz CT molecular complexity index is 1020. The molecule has 1 aliphatic heterocycles. The van der Waals surface area contributed by atoms with Crippen molar-refractivity contribution in [3.8, 4) is 0 Å². The Labute approximate surface area is 145 Å². The molecule has 0 amide bonds. The minimum absolute atomic E-state index is 0.107. The zero-order chi connectivity index (χ0) is 18.4. The summed E-state index contributed by atoms with van der Waals surface area (Å²) in [7, 11) is -2.99. The van der Waals surface area contributed by atoms with E-state index in [0.29, 0.717) is 6.42 Å². The van der Waals surface area contributed by atoms with Crippen LogP contribution in [0.5, 0.6) is 0 Å². The molecule has 0 radical (unpaired) electrons. The van der Waals surface area contributed by atoms with Crippen LogP contribution in [0.2, 0.25) is 0 Å². The molecule has 134 valence electrons. The molecule has 1 fully saturated rings. The van der Waals surface area contributed by atoms with Gasteiger partial charge in [0.25, 0.3) is 5.56 Å². The second-order valence-corrected chi connectivity index (χ2v) is 8.67. The number of pyridine rings is 1. The van der Waals surface area contributed by atoms with Crippen molar-refractivity contribution in [2.45, 2.75) is 33.2 Å². The lowest BCUT2D eigenvalue weighted by Gasteiger charge is -2.10. The third-order valence-electron chi connectivity index (χ3n) is 4.42. The molecule has 0 saturated carbocycles. The molecule has 1 atom stereocenters. The highest BCUT2D eigenvalue weighted by Crippen LogP contribution is 2.26. The summed E-state index contributed by atoms with van der Waals surface area (Å²) in [5.41, 5.74) is 8.63. The molecular weight excluding hydrogens is 342 g/mol. The number of aromatic nitrogens is 3. The Morgan fingerprint density at radius 1 is 1.32 bits per heavy atom. The highest BCUT2D eigenvalue weighted by molar-refractivity contribution is 7.91. The van der Waals surface area contributed by atoms with Crippen LogP contribution < -0.4 is 11.3 Å². The molecule has 0 unspecified atom stereocenters. The van der Waals surface area contributed by atoms with Crippen molar-refractivity contribution in [3.63, 3.8) is 0 Å². The Hall–Kier alpha value is -2.42. The number of hydrogen-bond donors (Lipinski definition) is 1. The van der Waals surface area contributed by atoms with Gasteiger partial charge in [-0.15, -0.1) is 0 Å². The van der Waals surface area contributed by atoms with Gasteiger partial charge in [0.05, 0.1) is 29.5 Å². The Morgan fingerprint density at radius 2 is 2.04 bits per heavy atom. The number of nitrogen functional groups attached to an aromatic ring is 1. The average Bonchev–Trinajstić information content (AvgIpc) is 2.99. The molecule has 0 aliphatic carbocycles. The van der Waals surface area contributed by atoms with E-state index in [1.807, 2.05) is 13.8 Å². The fraction of sp³-hybridized carbons (Fsp3) is 0.438. The summed E-state index contributed by atoms with van der Waals surface area (Å²) < 4.78 is 26.3. The summed E-state index contributed by atoms with van der Waals surface area (Å²) in [6, 6.07) is 2.98. The summed E-state index contributed by atoms with van der Waals surface area (Å²) in [4.78, 5) is 12.0. The predicted molar refractivity (Wildman–Crippen MR) is 96.9 cm³/mol. The predicted octanol–water partition coefficient (Wildman–Crippen LogP) is 0.794. The van der Waals surface area contributed by atoms with Crippen LogP contribution in [0.3, 0.4) is 0 Å². The number of aryl methyl sites for hydroxylation is 2. The quantitative estimate of drug-likeness (QED) is 0.810. The second kappa shape index (κ2) is 6.14. The van der Waals surface area contributed by atoms with Gasteiger partial charge < -0.3 is 5.73 Å². The monoisotopic (exact) mass is 363 g/mol. The molecule has 2 N–H and O–H groups in total. The van der Waals surface area contributed by atoms with Gasteiger partial charge in [0.1, 0.15) is 5.82 Å². The number of nitrogens with two attached hydrogens (primary N) is 1. The average molecular weight is 363 g/mol. The Morgan fingerprint density at radius 3 is 2.64 bits per heavy atom. The van der Waals surface area contributed by atoms with E-state index < -0.39 is 9.84 Å². The van der Waals surface area contributed by atoms with Crippen molar-refractivity contribution in [3.05, 3.63) is 45.0 Å². The standard InChI is InChI=1S/C16H21N5O3S/c1-10-6-15(17)21(16(22)7-10)18-8-14-11(2)19-20(12(14)3)13-4-5-25(23,24)9-13/h6-8,13H,4-5,9,17H2,1-3H3/t13-/m0/s1. The molecule has 2 aromatic heterocycles. The number of rotatable bonds is 3. The van der Waals surface area contributed by atoms with Crippen molar-refractivity contribution < 1.29 is 8.42 Å². The Kier molecular flexibility index (Phi) is 4.28. The van der Waals surface area contributed by atoms with Crippen LogP contribution in [0.25, 0.3) is 0 Å². The molecule has 25 heavy (non-hydrogen) atoms. The lowest BCUT2D eigenvalue weighted by Crippen LogP contribution is -2.19. The molecule has 2 aromatic rings. The van der Waals surface area contributed by atoms with Crippen molar-refractivity contribution in [2.75, 3.05) is 17.2 Å². The normalized spacial score (nSPS) is 19.7. The first-order valence-electron chi connectivity index (χ1n) is 7.97. The zero-order valence-corrected chi connectivity index (χ0v) is 15.2. The van der Waals surface area contributed by atoms with Crippen molar-refractivity contribution in [2.24, 2.45) is 5.10 Å². The number of sulfone groups is 1. The van der Waals surface area contributed by atoms with E-state index in [2.05, 4.69) is 10.2 Å². The van der Waals surface area contributed by atoms with Crippen molar-refractivity contribution in [1.29, 1.82) is 0 Å². The van der Waals surface area contributed by atoms with E-state index in [1.54, 1.807) is 23.9 Å². The fourth-order valence-electron chi connectivity index (χ4n) is 3.14. The van der Waals surface area contributed by atoms with Gasteiger partial charge in [-0.25, -0.2) is 8.42 Å². The molecule has 8 nitrogen and oxygen atoms in total. The van der Waals surface area contributed by atoms with Crippen LogP contribution in [0.15, 0.2) is 22.0 Å². The van der Waals surface area contributed by atoms with Gasteiger partial charge in [-0.2, -0.15) is 14.9 Å². The maximum Gasteiger partial charge on any atom is 0.273 e. The zero-order valence-electron chi connectivity index (χ0n) is 14.4. The van der Waals surface area contributed by atoms with Gasteiger partial charge >= 0.3 is 0 Å². The van der Waals surface area contributed by atoms with Crippen LogP contribution in [-0.4, -0.2) is 40.6 Å². The molecule has 3 heterocycles. The van der Waals surface area contributed by atoms with Crippen LogP contribution in [0.1, 0.15) is 35.0 Å². The minimum Gasteiger partial charge on any atom is -0.384 e. The summed E-state index contributed by atoms with van der Waals surface area (Å²) in [5, 5.41) is 8.66. The van der Waals surface area contributed by atoms with E-state index >= 15 is 0 Å². The topological polar surface area (TPSA) is 112 Å². The summed E-state index contributed by atoms with van der Waals surface area (Å²) in [6.45, 7) is 5.49. The first-order valence-corrected chi connectivity index (χ1v) is 9.80. The summed E-state index contributed by atoms with van der Waals surface area (Å²) >= 11 is 0. The van der Waals surface area contributed by atoms with Gasteiger partial charge in [-0.3, -0.25) is 9.48 Å². The van der Waals surface area contributed by atoms with Crippen molar-refractivity contribution in [1.82, 2.24) is 14.5 Å². The van der Waals surface area contributed by atoms with Crippen LogP contribution >= 0.6 is 0 Å². The maximum absolute atomic E-state index is 12.0. The van der Waals surface area contributed by atoms with Gasteiger partial charge in [-0.05, 0) is 38.8 Å². The highest BCUT2D eigenvalue weighted by Gasteiger charge is 2.31. The Balaban J connectivity index is 1.96. The molecule has 1 aliphatic rings. The molecule has 9 heteroatoms. The maximum atomic E-state index is 12.0. The number of nitrogens with zero attached hydrogens (tertiary/aromatic N) is 4. The minimum atomic E-state index is -2.99. The van der Waals surface area contributed by atoms with E-state index in [9.17, 15) is 13.2 Å². The molecule has 1 saturated heterocycles. The van der Waals surface area contributed by atoms with Gasteiger partial charge in [0.2, 0.25) is 0 Å². The van der Waals surface area contributed by atoms with Crippen LogP contribution in [-0.2, 0) is 9.84 Å². The van der Waals surface area contributed by atoms with E-state index in [-0.39, 0.29) is 28.9 Å².